The summed E-state index contributed by atoms with van der Waals surface area (Å²) in [5, 5.41) is 3.46. The van der Waals surface area contributed by atoms with E-state index in [0.29, 0.717) is 18.0 Å². The van der Waals surface area contributed by atoms with Gasteiger partial charge in [-0.05, 0) is 70.4 Å². The number of carbonyl (C=O) groups excluding carboxylic acids is 1. The van der Waals surface area contributed by atoms with Crippen LogP contribution in [0.15, 0.2) is 30.3 Å². The van der Waals surface area contributed by atoms with Gasteiger partial charge in [0.25, 0.3) is 0 Å². The zero-order valence-electron chi connectivity index (χ0n) is 15.5. The highest BCUT2D eigenvalue weighted by Gasteiger charge is 2.33. The van der Waals surface area contributed by atoms with Gasteiger partial charge < -0.3 is 10.2 Å². The molecular weight excluding hydrogens is 332 g/mol. The molecule has 4 heteroatoms. The molecule has 2 aliphatic rings. The predicted octanol–water partition coefficient (Wildman–Crippen LogP) is 4.20. The molecular formula is C21H33ClN2O. The van der Waals surface area contributed by atoms with Crippen LogP contribution in [0.5, 0.6) is 0 Å². The molecule has 0 saturated carbocycles. The van der Waals surface area contributed by atoms with Crippen LogP contribution in [0.4, 0.5) is 0 Å². The van der Waals surface area contributed by atoms with Gasteiger partial charge in [-0.15, -0.1) is 12.4 Å². The van der Waals surface area contributed by atoms with Gasteiger partial charge in [0.05, 0.1) is 0 Å². The number of nitrogens with zero attached hydrogens (tertiary/aromatic N) is 1. The van der Waals surface area contributed by atoms with Gasteiger partial charge in [0.15, 0.2) is 0 Å². The third kappa shape index (κ3) is 5.72. The molecule has 0 radical (unpaired) electrons. The zero-order chi connectivity index (χ0) is 16.8. The maximum atomic E-state index is 13.0. The first-order valence-corrected chi connectivity index (χ1v) is 9.82. The van der Waals surface area contributed by atoms with Crippen LogP contribution in [-0.4, -0.2) is 36.0 Å². The van der Waals surface area contributed by atoms with E-state index in [0.717, 1.165) is 38.8 Å². The Hall–Kier alpha value is -1.06. The molecule has 3 rings (SSSR count). The van der Waals surface area contributed by atoms with E-state index in [1.807, 2.05) is 0 Å². The minimum Gasteiger partial charge on any atom is -0.339 e. The lowest BCUT2D eigenvalue weighted by atomic mass is 9.89. The number of halogens is 1. The van der Waals surface area contributed by atoms with Crippen molar-refractivity contribution < 1.29 is 4.79 Å². The highest BCUT2D eigenvalue weighted by molar-refractivity contribution is 5.85. The molecule has 25 heavy (non-hydrogen) atoms. The number of hydrogen-bond acceptors (Lipinski definition) is 2. The van der Waals surface area contributed by atoms with Crippen molar-refractivity contribution in [1.82, 2.24) is 10.2 Å². The van der Waals surface area contributed by atoms with Crippen molar-refractivity contribution in [2.45, 2.75) is 70.4 Å². The molecule has 0 aromatic heterocycles. The Morgan fingerprint density at radius 1 is 1.20 bits per heavy atom. The highest BCUT2D eigenvalue weighted by atomic mass is 35.5. The first-order valence-electron chi connectivity index (χ1n) is 9.82. The van der Waals surface area contributed by atoms with Crippen LogP contribution in [0.25, 0.3) is 0 Å². The minimum atomic E-state index is 0. The molecule has 0 bridgehead atoms. The molecule has 2 aliphatic heterocycles. The molecule has 0 aliphatic carbocycles. The second kappa shape index (κ2) is 10.2. The van der Waals surface area contributed by atoms with E-state index < -0.39 is 0 Å². The zero-order valence-corrected chi connectivity index (χ0v) is 16.3. The monoisotopic (exact) mass is 364 g/mol. The molecule has 140 valence electrons. The molecule has 2 heterocycles. The number of benzene rings is 1. The van der Waals surface area contributed by atoms with Gasteiger partial charge >= 0.3 is 0 Å². The third-order valence-corrected chi connectivity index (χ3v) is 5.73. The number of amides is 1. The number of likely N-dealkylation sites (tertiary alicyclic amines) is 1. The van der Waals surface area contributed by atoms with E-state index in [2.05, 4.69) is 47.5 Å². The van der Waals surface area contributed by atoms with Crippen LogP contribution in [0.1, 0.15) is 57.4 Å². The van der Waals surface area contributed by atoms with Gasteiger partial charge in [-0.1, -0.05) is 30.3 Å². The second-order valence-electron chi connectivity index (χ2n) is 7.64. The Morgan fingerprint density at radius 2 is 2.00 bits per heavy atom. The summed E-state index contributed by atoms with van der Waals surface area (Å²) in [5.41, 5.74) is 1.42. The molecule has 1 aromatic carbocycles. The molecule has 3 nitrogen and oxygen atoms in total. The Bertz CT molecular complexity index is 522. The van der Waals surface area contributed by atoms with E-state index >= 15 is 0 Å². The van der Waals surface area contributed by atoms with Crippen LogP contribution < -0.4 is 5.32 Å². The van der Waals surface area contributed by atoms with E-state index in [-0.39, 0.29) is 18.3 Å². The average Bonchev–Trinajstić information content (AvgIpc) is 2.62. The lowest BCUT2D eigenvalue weighted by molar-refractivity contribution is -0.140. The van der Waals surface area contributed by atoms with E-state index in [4.69, 9.17) is 0 Å². The Balaban J connectivity index is 0.00000225. The Morgan fingerprint density at radius 3 is 2.76 bits per heavy atom. The summed E-state index contributed by atoms with van der Waals surface area (Å²) in [5.74, 6) is 0.684. The molecule has 1 amide bonds. The van der Waals surface area contributed by atoms with Gasteiger partial charge in [-0.25, -0.2) is 0 Å². The number of piperidine rings is 2. The maximum Gasteiger partial charge on any atom is 0.226 e. The van der Waals surface area contributed by atoms with E-state index in [1.54, 1.807) is 0 Å². The van der Waals surface area contributed by atoms with Crippen LogP contribution in [0.3, 0.4) is 0 Å². The predicted molar refractivity (Wildman–Crippen MR) is 106 cm³/mol. The largest absolute Gasteiger partial charge is 0.339 e. The third-order valence-electron chi connectivity index (χ3n) is 5.73. The molecule has 1 aromatic rings. The van der Waals surface area contributed by atoms with Crippen molar-refractivity contribution in [3.63, 3.8) is 0 Å². The van der Waals surface area contributed by atoms with Crippen molar-refractivity contribution in [2.24, 2.45) is 5.92 Å². The number of hydrogen-bond donors (Lipinski definition) is 1. The summed E-state index contributed by atoms with van der Waals surface area (Å²) >= 11 is 0. The van der Waals surface area contributed by atoms with Gasteiger partial charge in [-0.2, -0.15) is 0 Å². The van der Waals surface area contributed by atoms with Crippen molar-refractivity contribution in [2.75, 3.05) is 13.1 Å². The van der Waals surface area contributed by atoms with Crippen LogP contribution in [0.2, 0.25) is 0 Å². The highest BCUT2D eigenvalue weighted by Crippen LogP contribution is 2.27. The lowest BCUT2D eigenvalue weighted by Gasteiger charge is -2.39. The quantitative estimate of drug-likeness (QED) is 0.849. The van der Waals surface area contributed by atoms with Crippen molar-refractivity contribution in [3.05, 3.63) is 35.9 Å². The standard InChI is InChI=1S/C21H32N2O.ClH/c1-17-16-19(13-14-22-17)21(24)23-15-6-5-11-20(23)12-7-10-18-8-3-2-4-9-18;/h2-4,8-9,17,19-20,22H,5-7,10-16H2,1H3;1H/t17-,19-,20?;/m0./s1. The first kappa shape index (κ1) is 20.3. The summed E-state index contributed by atoms with van der Waals surface area (Å²) in [6.07, 6.45) is 9.14. The summed E-state index contributed by atoms with van der Waals surface area (Å²) < 4.78 is 0. The van der Waals surface area contributed by atoms with Crippen molar-refractivity contribution in [1.29, 1.82) is 0 Å². The topological polar surface area (TPSA) is 32.3 Å². The summed E-state index contributed by atoms with van der Waals surface area (Å²) in [4.78, 5) is 15.3. The first-order chi connectivity index (χ1) is 11.7. The van der Waals surface area contributed by atoms with Crippen LogP contribution in [-0.2, 0) is 11.2 Å². The molecule has 2 fully saturated rings. The second-order valence-corrected chi connectivity index (χ2v) is 7.64. The Labute approximate surface area is 159 Å². The molecule has 1 unspecified atom stereocenters. The van der Waals surface area contributed by atoms with E-state index in [1.165, 1.54) is 31.2 Å². The summed E-state index contributed by atoms with van der Waals surface area (Å²) in [6.45, 7) is 4.17. The number of nitrogens with one attached hydrogen (secondary N) is 1. The van der Waals surface area contributed by atoms with Crippen molar-refractivity contribution >= 4 is 18.3 Å². The molecule has 3 atom stereocenters. The van der Waals surface area contributed by atoms with E-state index in [9.17, 15) is 4.79 Å². The number of carbonyl (C=O) groups is 1. The van der Waals surface area contributed by atoms with Gasteiger partial charge in [-0.3, -0.25) is 4.79 Å². The van der Waals surface area contributed by atoms with Gasteiger partial charge in [0.2, 0.25) is 5.91 Å². The van der Waals surface area contributed by atoms with Crippen molar-refractivity contribution in [3.8, 4) is 0 Å². The van der Waals surface area contributed by atoms with Crippen LogP contribution >= 0.6 is 12.4 Å². The Kier molecular flexibility index (Phi) is 8.25. The number of aryl methyl sites for hydroxylation is 1. The maximum absolute atomic E-state index is 13.0. The fraction of sp³-hybridized carbons (Fsp3) is 0.667. The molecule has 1 N–H and O–H groups in total. The molecule has 2 saturated heterocycles. The fourth-order valence-electron chi connectivity index (χ4n) is 4.37. The van der Waals surface area contributed by atoms with Gasteiger partial charge in [0.1, 0.15) is 0 Å². The SMILES string of the molecule is C[C@H]1C[C@@H](C(=O)N2CCCCC2CCCc2ccccc2)CCN1.Cl. The summed E-state index contributed by atoms with van der Waals surface area (Å²) in [7, 11) is 0. The van der Waals surface area contributed by atoms with Crippen LogP contribution in [0, 0.1) is 5.92 Å². The normalized spacial score (nSPS) is 26.8. The average molecular weight is 365 g/mol. The number of rotatable bonds is 5. The van der Waals surface area contributed by atoms with Gasteiger partial charge in [0, 0.05) is 24.5 Å². The summed E-state index contributed by atoms with van der Waals surface area (Å²) in [6, 6.07) is 11.7. The molecule has 0 spiro atoms. The lowest BCUT2D eigenvalue weighted by Crippen LogP contribution is -2.49. The minimum absolute atomic E-state index is 0. The smallest absolute Gasteiger partial charge is 0.226 e. The fourth-order valence-corrected chi connectivity index (χ4v) is 4.37.